The van der Waals surface area contributed by atoms with Gasteiger partial charge in [0.1, 0.15) is 23.4 Å². The van der Waals surface area contributed by atoms with Gasteiger partial charge < -0.3 is 14.2 Å². The minimum absolute atomic E-state index is 0.0538. The number of ether oxygens (including phenoxy) is 3. The van der Waals surface area contributed by atoms with Gasteiger partial charge in [0, 0.05) is 16.1 Å². The number of benzene rings is 3. The van der Waals surface area contributed by atoms with Crippen LogP contribution in [0.25, 0.3) is 0 Å². The Hall–Kier alpha value is -2.45. The van der Waals surface area contributed by atoms with Gasteiger partial charge in [-0.05, 0) is 83.0 Å². The first-order valence-electron chi connectivity index (χ1n) is 10.7. The average Bonchev–Trinajstić information content (AvgIpc) is 2.81. The van der Waals surface area contributed by atoms with Crippen LogP contribution >= 0.6 is 22.6 Å². The van der Waals surface area contributed by atoms with Gasteiger partial charge in [0.25, 0.3) is 0 Å². The van der Waals surface area contributed by atoms with E-state index < -0.39 is 12.0 Å². The predicted octanol–water partition coefficient (Wildman–Crippen LogP) is 6.44. The third-order valence-corrected chi connectivity index (χ3v) is 6.61. The molecule has 0 aliphatic carbocycles. The lowest BCUT2D eigenvalue weighted by molar-refractivity contribution is -0.106. The van der Waals surface area contributed by atoms with E-state index in [1.807, 2.05) is 24.3 Å². The third kappa shape index (κ3) is 4.38. The standard InChI is InChI=1S/C26H22FIO4/c27-18-8-4-16(5-9-18)24-25(29)21-13-12-20(31-23-3-1-2-14-30-23)15-22(21)32-26(24)17-6-10-19(28)11-7-17/h4-13,15,23-24,26H,1-3,14H2. The maximum Gasteiger partial charge on any atom is 0.199 e. The van der Waals surface area contributed by atoms with Crippen LogP contribution in [0.4, 0.5) is 4.39 Å². The van der Waals surface area contributed by atoms with Crippen LogP contribution in [-0.2, 0) is 4.74 Å². The number of rotatable bonds is 4. The van der Waals surface area contributed by atoms with Gasteiger partial charge in [0.15, 0.2) is 12.1 Å². The van der Waals surface area contributed by atoms with Gasteiger partial charge in [-0.15, -0.1) is 0 Å². The van der Waals surface area contributed by atoms with Crippen LogP contribution in [-0.4, -0.2) is 18.7 Å². The number of Topliss-reactive ketones (excluding diaryl/α,β-unsaturated/α-hetero) is 1. The summed E-state index contributed by atoms with van der Waals surface area (Å²) in [5, 5.41) is 0. The van der Waals surface area contributed by atoms with E-state index in [9.17, 15) is 9.18 Å². The molecule has 0 aromatic heterocycles. The molecule has 32 heavy (non-hydrogen) atoms. The molecule has 3 atom stereocenters. The summed E-state index contributed by atoms with van der Waals surface area (Å²) in [6.07, 6.45) is 2.15. The molecule has 3 unspecified atom stereocenters. The fourth-order valence-corrected chi connectivity index (χ4v) is 4.61. The van der Waals surface area contributed by atoms with Crippen molar-refractivity contribution in [2.75, 3.05) is 6.61 Å². The summed E-state index contributed by atoms with van der Waals surface area (Å²) in [5.74, 6) is 0.143. The van der Waals surface area contributed by atoms with Gasteiger partial charge >= 0.3 is 0 Å². The zero-order valence-electron chi connectivity index (χ0n) is 17.3. The molecule has 0 spiro atoms. The van der Waals surface area contributed by atoms with Gasteiger partial charge in [-0.25, -0.2) is 4.39 Å². The number of carbonyl (C=O) groups is 1. The lowest BCUT2D eigenvalue weighted by Gasteiger charge is -2.33. The first-order valence-corrected chi connectivity index (χ1v) is 11.8. The highest BCUT2D eigenvalue weighted by Gasteiger charge is 2.39. The van der Waals surface area contributed by atoms with Crippen molar-refractivity contribution in [3.05, 3.63) is 92.8 Å². The van der Waals surface area contributed by atoms with Gasteiger partial charge in [0.05, 0.1) is 18.1 Å². The minimum Gasteiger partial charge on any atom is -0.484 e. The number of hydrogen-bond acceptors (Lipinski definition) is 4. The second-order valence-electron chi connectivity index (χ2n) is 8.06. The molecule has 2 aliphatic rings. The van der Waals surface area contributed by atoms with Crippen molar-refractivity contribution in [2.45, 2.75) is 37.6 Å². The smallest absolute Gasteiger partial charge is 0.199 e. The molecule has 6 heteroatoms. The van der Waals surface area contributed by atoms with E-state index >= 15 is 0 Å². The van der Waals surface area contributed by atoms with E-state index in [2.05, 4.69) is 22.6 Å². The molecule has 0 bridgehead atoms. The van der Waals surface area contributed by atoms with Crippen molar-refractivity contribution < 1.29 is 23.4 Å². The molecular formula is C26H22FIO4. The molecule has 1 saturated heterocycles. The molecule has 0 amide bonds. The van der Waals surface area contributed by atoms with Crippen LogP contribution in [0.3, 0.4) is 0 Å². The van der Waals surface area contributed by atoms with Crippen LogP contribution in [0, 0.1) is 9.39 Å². The van der Waals surface area contributed by atoms with E-state index in [0.717, 1.165) is 34.0 Å². The molecule has 0 N–H and O–H groups in total. The highest BCUT2D eigenvalue weighted by Crippen LogP contribution is 2.45. The maximum atomic E-state index is 13.6. The fraction of sp³-hybridized carbons (Fsp3) is 0.269. The summed E-state index contributed by atoms with van der Waals surface area (Å²) in [7, 11) is 0. The molecule has 3 aromatic carbocycles. The topological polar surface area (TPSA) is 44.8 Å². The second kappa shape index (κ2) is 9.19. The van der Waals surface area contributed by atoms with E-state index in [1.165, 1.54) is 12.1 Å². The van der Waals surface area contributed by atoms with Crippen molar-refractivity contribution in [1.82, 2.24) is 0 Å². The minimum atomic E-state index is -0.573. The van der Waals surface area contributed by atoms with Crippen molar-refractivity contribution in [2.24, 2.45) is 0 Å². The number of halogens is 2. The first-order chi connectivity index (χ1) is 15.6. The average molecular weight is 544 g/mol. The number of fused-ring (bicyclic) bond motifs is 1. The molecule has 5 rings (SSSR count). The molecule has 2 aliphatic heterocycles. The Kier molecular flexibility index (Phi) is 6.15. The summed E-state index contributed by atoms with van der Waals surface area (Å²) < 4.78 is 32.7. The van der Waals surface area contributed by atoms with Crippen LogP contribution in [0.15, 0.2) is 66.7 Å². The molecule has 164 valence electrons. The number of carbonyl (C=O) groups excluding carboxylic acids is 1. The van der Waals surface area contributed by atoms with Gasteiger partial charge in [0.2, 0.25) is 0 Å². The van der Waals surface area contributed by atoms with Crippen molar-refractivity contribution >= 4 is 28.4 Å². The molecule has 3 aromatic rings. The summed E-state index contributed by atoms with van der Waals surface area (Å²) in [6, 6.07) is 19.3. The van der Waals surface area contributed by atoms with Crippen molar-refractivity contribution in [3.63, 3.8) is 0 Å². The van der Waals surface area contributed by atoms with Crippen LogP contribution in [0.1, 0.15) is 52.8 Å². The number of hydrogen-bond donors (Lipinski definition) is 0. The fourth-order valence-electron chi connectivity index (χ4n) is 4.25. The quantitative estimate of drug-likeness (QED) is 0.355. The highest BCUT2D eigenvalue weighted by atomic mass is 127. The van der Waals surface area contributed by atoms with E-state index in [1.54, 1.807) is 30.3 Å². The normalized spacial score (nSPS) is 22.7. The lowest BCUT2D eigenvalue weighted by Crippen LogP contribution is -2.30. The van der Waals surface area contributed by atoms with Crippen molar-refractivity contribution in [1.29, 1.82) is 0 Å². The Morgan fingerprint density at radius 1 is 0.938 bits per heavy atom. The molecule has 4 nitrogen and oxygen atoms in total. The number of ketones is 1. The van der Waals surface area contributed by atoms with Crippen LogP contribution in [0.2, 0.25) is 0 Å². The molecular weight excluding hydrogens is 522 g/mol. The van der Waals surface area contributed by atoms with E-state index in [4.69, 9.17) is 14.2 Å². The summed E-state index contributed by atoms with van der Waals surface area (Å²) in [5.41, 5.74) is 2.11. The Morgan fingerprint density at radius 3 is 2.41 bits per heavy atom. The summed E-state index contributed by atoms with van der Waals surface area (Å²) in [4.78, 5) is 13.6. The lowest BCUT2D eigenvalue weighted by atomic mass is 9.81. The highest BCUT2D eigenvalue weighted by molar-refractivity contribution is 14.1. The van der Waals surface area contributed by atoms with Crippen LogP contribution in [0.5, 0.6) is 11.5 Å². The molecule has 0 radical (unpaired) electrons. The van der Waals surface area contributed by atoms with E-state index in [-0.39, 0.29) is 17.9 Å². The van der Waals surface area contributed by atoms with E-state index in [0.29, 0.717) is 23.7 Å². The van der Waals surface area contributed by atoms with Gasteiger partial charge in [-0.2, -0.15) is 0 Å². The summed E-state index contributed by atoms with van der Waals surface area (Å²) >= 11 is 2.24. The SMILES string of the molecule is O=C1c2ccc(OC3CCCCO3)cc2OC(c2ccc(I)cc2)C1c1ccc(F)cc1. The Morgan fingerprint density at radius 2 is 1.69 bits per heavy atom. The Bertz CT molecular complexity index is 1110. The Labute approximate surface area is 199 Å². The van der Waals surface area contributed by atoms with Gasteiger partial charge in [-0.3, -0.25) is 4.79 Å². The van der Waals surface area contributed by atoms with Gasteiger partial charge in [-0.1, -0.05) is 24.3 Å². The molecule has 1 fully saturated rings. The van der Waals surface area contributed by atoms with Crippen molar-refractivity contribution in [3.8, 4) is 11.5 Å². The molecule has 0 saturated carbocycles. The summed E-state index contributed by atoms with van der Waals surface area (Å²) in [6.45, 7) is 0.693. The Balaban J connectivity index is 1.51. The monoisotopic (exact) mass is 544 g/mol. The predicted molar refractivity (Wildman–Crippen MR) is 127 cm³/mol. The largest absolute Gasteiger partial charge is 0.484 e. The first kappa shape index (κ1) is 21.4. The molecule has 2 heterocycles. The van der Waals surface area contributed by atoms with Crippen LogP contribution < -0.4 is 9.47 Å². The second-order valence-corrected chi connectivity index (χ2v) is 9.30. The zero-order valence-corrected chi connectivity index (χ0v) is 19.5. The zero-order chi connectivity index (χ0) is 22.1. The maximum absolute atomic E-state index is 13.6. The third-order valence-electron chi connectivity index (χ3n) is 5.89.